The summed E-state index contributed by atoms with van der Waals surface area (Å²) in [6.45, 7) is 3.55. The molecule has 0 heterocycles. The Balaban J connectivity index is 2.87. The number of rotatable bonds is 5. The van der Waals surface area contributed by atoms with Gasteiger partial charge in [0, 0.05) is 5.56 Å². The molecule has 0 aliphatic carbocycles. The summed E-state index contributed by atoms with van der Waals surface area (Å²) in [5.41, 5.74) is 0.0384. The third-order valence-corrected chi connectivity index (χ3v) is 3.25. The van der Waals surface area contributed by atoms with E-state index in [1.54, 1.807) is 6.92 Å². The molecule has 0 aliphatic rings. The van der Waals surface area contributed by atoms with Crippen molar-refractivity contribution >= 4 is 23.5 Å². The van der Waals surface area contributed by atoms with E-state index in [2.05, 4.69) is 5.32 Å². The Morgan fingerprint density at radius 3 is 2.58 bits per heavy atom. The van der Waals surface area contributed by atoms with Gasteiger partial charge in [0.05, 0.1) is 5.02 Å². The molecule has 1 rings (SSSR count). The minimum atomic E-state index is -1.11. The third kappa shape index (κ3) is 3.92. The maximum absolute atomic E-state index is 13.2. The van der Waals surface area contributed by atoms with Crippen molar-refractivity contribution in [3.63, 3.8) is 0 Å². The van der Waals surface area contributed by atoms with Crippen LogP contribution in [0.2, 0.25) is 5.02 Å². The molecule has 104 valence electrons. The van der Waals surface area contributed by atoms with Crippen LogP contribution in [0.15, 0.2) is 18.2 Å². The van der Waals surface area contributed by atoms with Gasteiger partial charge in [-0.1, -0.05) is 31.9 Å². The summed E-state index contributed by atoms with van der Waals surface area (Å²) in [6, 6.07) is 2.57. The fourth-order valence-corrected chi connectivity index (χ4v) is 1.66. The van der Waals surface area contributed by atoms with Gasteiger partial charge in [-0.25, -0.2) is 9.18 Å². The SMILES string of the molecule is CC[C@H](C)[C@H](NC(=O)c1ccc(Cl)c(F)c1)C(=O)O. The minimum Gasteiger partial charge on any atom is -0.480 e. The maximum Gasteiger partial charge on any atom is 0.326 e. The zero-order valence-electron chi connectivity index (χ0n) is 10.6. The summed E-state index contributed by atoms with van der Waals surface area (Å²) in [7, 11) is 0. The fourth-order valence-electron chi connectivity index (χ4n) is 1.55. The molecule has 6 heteroatoms. The highest BCUT2D eigenvalue weighted by Gasteiger charge is 2.25. The van der Waals surface area contributed by atoms with Crippen molar-refractivity contribution in [1.29, 1.82) is 0 Å². The summed E-state index contributed by atoms with van der Waals surface area (Å²) < 4.78 is 13.2. The van der Waals surface area contributed by atoms with Gasteiger partial charge in [-0.05, 0) is 24.1 Å². The predicted molar refractivity (Wildman–Crippen MR) is 69.8 cm³/mol. The van der Waals surface area contributed by atoms with Gasteiger partial charge in [-0.3, -0.25) is 4.79 Å². The number of hydrogen-bond donors (Lipinski definition) is 2. The van der Waals surface area contributed by atoms with E-state index in [1.807, 2.05) is 6.92 Å². The molecular weight excluding hydrogens is 273 g/mol. The molecule has 1 aromatic carbocycles. The Morgan fingerprint density at radius 2 is 2.11 bits per heavy atom. The van der Waals surface area contributed by atoms with Crippen LogP contribution >= 0.6 is 11.6 Å². The van der Waals surface area contributed by atoms with Crippen LogP contribution in [0.4, 0.5) is 4.39 Å². The van der Waals surface area contributed by atoms with Gasteiger partial charge in [-0.15, -0.1) is 0 Å². The number of amides is 1. The molecule has 0 radical (unpaired) electrons. The number of carboxylic acids is 1. The Morgan fingerprint density at radius 1 is 1.47 bits per heavy atom. The van der Waals surface area contributed by atoms with Crippen LogP contribution in [0.25, 0.3) is 0 Å². The van der Waals surface area contributed by atoms with Gasteiger partial charge in [0.25, 0.3) is 5.91 Å². The van der Waals surface area contributed by atoms with Crippen LogP contribution in [-0.4, -0.2) is 23.0 Å². The third-order valence-electron chi connectivity index (χ3n) is 2.95. The largest absolute Gasteiger partial charge is 0.480 e. The number of nitrogens with one attached hydrogen (secondary N) is 1. The van der Waals surface area contributed by atoms with Crippen LogP contribution < -0.4 is 5.32 Å². The summed E-state index contributed by atoms with van der Waals surface area (Å²) >= 11 is 5.51. The lowest BCUT2D eigenvalue weighted by Gasteiger charge is -2.20. The second-order valence-electron chi connectivity index (χ2n) is 4.30. The number of benzene rings is 1. The Hall–Kier alpha value is -1.62. The standard InChI is InChI=1S/C13H15ClFNO3/c1-3-7(2)11(13(18)19)16-12(17)8-4-5-9(14)10(15)6-8/h4-7,11H,3H2,1-2H3,(H,16,17)(H,18,19)/t7-,11-/m0/s1. The minimum absolute atomic E-state index is 0.0384. The number of aliphatic carboxylic acids is 1. The van der Waals surface area contributed by atoms with Crippen LogP contribution in [-0.2, 0) is 4.79 Å². The van der Waals surface area contributed by atoms with Crippen LogP contribution in [0.5, 0.6) is 0 Å². The van der Waals surface area contributed by atoms with E-state index in [0.717, 1.165) is 6.07 Å². The van der Waals surface area contributed by atoms with Crippen LogP contribution in [0, 0.1) is 11.7 Å². The normalized spacial score (nSPS) is 13.7. The highest BCUT2D eigenvalue weighted by atomic mass is 35.5. The smallest absolute Gasteiger partial charge is 0.326 e. The van der Waals surface area contributed by atoms with Gasteiger partial charge in [0.15, 0.2) is 0 Å². The molecule has 2 N–H and O–H groups in total. The second kappa shape index (κ2) is 6.52. The molecule has 0 bridgehead atoms. The zero-order valence-corrected chi connectivity index (χ0v) is 11.4. The monoisotopic (exact) mass is 287 g/mol. The van der Waals surface area contributed by atoms with Crippen LogP contribution in [0.1, 0.15) is 30.6 Å². The van der Waals surface area contributed by atoms with E-state index in [4.69, 9.17) is 16.7 Å². The molecule has 0 fully saturated rings. The van der Waals surface area contributed by atoms with Crippen molar-refractivity contribution in [3.8, 4) is 0 Å². The van der Waals surface area contributed by atoms with Crippen LogP contribution in [0.3, 0.4) is 0 Å². The van der Waals surface area contributed by atoms with E-state index in [-0.39, 0.29) is 16.5 Å². The van der Waals surface area contributed by atoms with Gasteiger partial charge < -0.3 is 10.4 Å². The number of hydrogen-bond acceptors (Lipinski definition) is 2. The number of carbonyl (C=O) groups is 2. The van der Waals surface area contributed by atoms with Crippen molar-refractivity contribution in [1.82, 2.24) is 5.32 Å². The molecule has 0 aromatic heterocycles. The summed E-state index contributed by atoms with van der Waals surface area (Å²) in [6.07, 6.45) is 0.603. The number of carbonyl (C=O) groups excluding carboxylic acids is 1. The lowest BCUT2D eigenvalue weighted by Crippen LogP contribution is -2.45. The summed E-state index contributed by atoms with van der Waals surface area (Å²) in [5.74, 6) is -2.69. The first-order valence-corrected chi connectivity index (χ1v) is 6.23. The molecule has 0 saturated heterocycles. The molecular formula is C13H15ClFNO3. The van der Waals surface area contributed by atoms with Crippen molar-refractivity contribution < 1.29 is 19.1 Å². The lowest BCUT2D eigenvalue weighted by molar-refractivity contribution is -0.140. The molecule has 1 amide bonds. The van der Waals surface area contributed by atoms with Crippen molar-refractivity contribution in [2.75, 3.05) is 0 Å². The summed E-state index contributed by atoms with van der Waals surface area (Å²) in [5, 5.41) is 11.4. The van der Waals surface area contributed by atoms with Gasteiger partial charge in [0.2, 0.25) is 0 Å². The van der Waals surface area contributed by atoms with E-state index in [1.165, 1.54) is 12.1 Å². The van der Waals surface area contributed by atoms with Crippen molar-refractivity contribution in [2.24, 2.45) is 5.92 Å². The maximum atomic E-state index is 13.2. The molecule has 1 aromatic rings. The quantitative estimate of drug-likeness (QED) is 0.875. The average molecular weight is 288 g/mol. The Bertz CT molecular complexity index is 493. The van der Waals surface area contributed by atoms with Crippen molar-refractivity contribution in [3.05, 3.63) is 34.6 Å². The Kier molecular flexibility index (Phi) is 5.30. The number of halogens is 2. The molecule has 4 nitrogen and oxygen atoms in total. The van der Waals surface area contributed by atoms with Gasteiger partial charge in [0.1, 0.15) is 11.9 Å². The topological polar surface area (TPSA) is 66.4 Å². The molecule has 2 atom stereocenters. The highest BCUT2D eigenvalue weighted by molar-refractivity contribution is 6.30. The first-order valence-electron chi connectivity index (χ1n) is 5.85. The lowest BCUT2D eigenvalue weighted by atomic mass is 9.99. The fraction of sp³-hybridized carbons (Fsp3) is 0.385. The first-order chi connectivity index (χ1) is 8.86. The van der Waals surface area contributed by atoms with E-state index in [9.17, 15) is 14.0 Å². The predicted octanol–water partition coefficient (Wildman–Crippen LogP) is 2.71. The van der Waals surface area contributed by atoms with Crippen molar-refractivity contribution in [2.45, 2.75) is 26.3 Å². The molecule has 0 aliphatic heterocycles. The molecule has 0 unspecified atom stereocenters. The van der Waals surface area contributed by atoms with Gasteiger partial charge in [-0.2, -0.15) is 0 Å². The molecule has 0 spiro atoms. The number of carboxylic acid groups (broad SMARTS) is 1. The average Bonchev–Trinajstić information content (AvgIpc) is 2.37. The second-order valence-corrected chi connectivity index (χ2v) is 4.71. The Labute approximate surface area is 115 Å². The van der Waals surface area contributed by atoms with E-state index < -0.39 is 23.7 Å². The molecule has 19 heavy (non-hydrogen) atoms. The van der Waals surface area contributed by atoms with E-state index >= 15 is 0 Å². The summed E-state index contributed by atoms with van der Waals surface area (Å²) in [4.78, 5) is 22.9. The first kappa shape index (κ1) is 15.4. The van der Waals surface area contributed by atoms with E-state index in [0.29, 0.717) is 6.42 Å². The highest BCUT2D eigenvalue weighted by Crippen LogP contribution is 2.16. The van der Waals surface area contributed by atoms with Gasteiger partial charge >= 0.3 is 5.97 Å². The molecule has 0 saturated carbocycles. The zero-order chi connectivity index (χ0) is 14.6.